The van der Waals surface area contributed by atoms with Gasteiger partial charge in [-0.2, -0.15) is 0 Å². The van der Waals surface area contributed by atoms with Crippen molar-refractivity contribution in [1.29, 1.82) is 0 Å². The highest BCUT2D eigenvalue weighted by Crippen LogP contribution is 2.14. The van der Waals surface area contributed by atoms with Gasteiger partial charge in [-0.1, -0.05) is 0 Å². The summed E-state index contributed by atoms with van der Waals surface area (Å²) < 4.78 is 9.45. The monoisotopic (exact) mass is 242 g/mol. The molecule has 96 valence electrons. The van der Waals surface area contributed by atoms with E-state index in [1.807, 2.05) is 0 Å². The third-order valence-electron chi connectivity index (χ3n) is 2.07. The molecule has 0 saturated heterocycles. The molecular weight excluding hydrogens is 224 g/mol. The van der Waals surface area contributed by atoms with Crippen LogP contribution in [-0.4, -0.2) is 36.4 Å². The van der Waals surface area contributed by atoms with Gasteiger partial charge in [-0.25, -0.2) is 0 Å². The van der Waals surface area contributed by atoms with Gasteiger partial charge in [-0.15, -0.1) is 12.3 Å². The first-order chi connectivity index (χ1) is 8.06. The molecule has 0 aromatic carbocycles. The Morgan fingerprint density at radius 1 is 1.29 bits per heavy atom. The maximum atomic E-state index is 11.5. The molecule has 0 aliphatic rings. The van der Waals surface area contributed by atoms with Gasteiger partial charge in [0.1, 0.15) is 0 Å². The highest BCUT2D eigenvalue weighted by atomic mass is 16.5. The standard InChI is InChI=1S/C12H18O5/c1-4-7-9(12(15)17-6-3)10(13)8-11(14)16-5-2/h1,9-10,13H,5-8H2,2-3H3/t9-,10+/m0/s1. The number of esters is 2. The van der Waals surface area contributed by atoms with Gasteiger partial charge in [-0.05, 0) is 13.8 Å². The summed E-state index contributed by atoms with van der Waals surface area (Å²) in [5.74, 6) is 0.237. The maximum Gasteiger partial charge on any atom is 0.312 e. The molecule has 0 radical (unpaired) electrons. The van der Waals surface area contributed by atoms with Gasteiger partial charge in [0.15, 0.2) is 0 Å². The van der Waals surface area contributed by atoms with Crippen LogP contribution in [-0.2, 0) is 19.1 Å². The molecule has 1 N–H and O–H groups in total. The molecule has 0 aliphatic heterocycles. The van der Waals surface area contributed by atoms with Crippen molar-refractivity contribution in [2.45, 2.75) is 32.8 Å². The summed E-state index contributed by atoms with van der Waals surface area (Å²) in [6.45, 7) is 3.74. The van der Waals surface area contributed by atoms with Crippen LogP contribution < -0.4 is 0 Å². The Hall–Kier alpha value is -1.54. The lowest BCUT2D eigenvalue weighted by Gasteiger charge is -2.18. The van der Waals surface area contributed by atoms with Crippen LogP contribution in [0.1, 0.15) is 26.7 Å². The zero-order valence-electron chi connectivity index (χ0n) is 10.1. The van der Waals surface area contributed by atoms with Crippen LogP contribution in [0.25, 0.3) is 0 Å². The van der Waals surface area contributed by atoms with Crippen molar-refractivity contribution in [1.82, 2.24) is 0 Å². The molecule has 0 rings (SSSR count). The molecule has 0 spiro atoms. The predicted molar refractivity (Wildman–Crippen MR) is 60.8 cm³/mol. The quantitative estimate of drug-likeness (QED) is 0.520. The zero-order chi connectivity index (χ0) is 13.3. The van der Waals surface area contributed by atoms with Crippen LogP contribution in [0.2, 0.25) is 0 Å². The number of hydrogen-bond donors (Lipinski definition) is 1. The van der Waals surface area contributed by atoms with Crippen molar-refractivity contribution >= 4 is 11.9 Å². The van der Waals surface area contributed by atoms with Crippen molar-refractivity contribution in [2.24, 2.45) is 5.92 Å². The van der Waals surface area contributed by atoms with E-state index in [-0.39, 0.29) is 26.1 Å². The Labute approximate surface area is 101 Å². The van der Waals surface area contributed by atoms with Crippen molar-refractivity contribution in [3.05, 3.63) is 0 Å². The molecule has 0 aromatic rings. The smallest absolute Gasteiger partial charge is 0.312 e. The Balaban J connectivity index is 4.43. The highest BCUT2D eigenvalue weighted by molar-refractivity contribution is 5.76. The molecule has 17 heavy (non-hydrogen) atoms. The van der Waals surface area contributed by atoms with E-state index in [0.29, 0.717) is 0 Å². The lowest BCUT2D eigenvalue weighted by Crippen LogP contribution is -2.32. The molecule has 0 aliphatic carbocycles. The van der Waals surface area contributed by atoms with Crippen LogP contribution in [0.3, 0.4) is 0 Å². The molecule has 5 heteroatoms. The first kappa shape index (κ1) is 15.5. The summed E-state index contributed by atoms with van der Waals surface area (Å²) in [5.41, 5.74) is 0. The third-order valence-corrected chi connectivity index (χ3v) is 2.07. The maximum absolute atomic E-state index is 11.5. The number of aliphatic hydroxyl groups is 1. The molecule has 0 amide bonds. The van der Waals surface area contributed by atoms with E-state index in [0.717, 1.165) is 0 Å². The van der Waals surface area contributed by atoms with Gasteiger partial charge in [-0.3, -0.25) is 9.59 Å². The number of carbonyl (C=O) groups is 2. The van der Waals surface area contributed by atoms with E-state index in [1.54, 1.807) is 13.8 Å². The predicted octanol–water partition coefficient (Wildman–Crippen LogP) is 0.503. The van der Waals surface area contributed by atoms with E-state index in [1.165, 1.54) is 0 Å². The Kier molecular flexibility index (Phi) is 7.82. The molecule has 5 nitrogen and oxygen atoms in total. The molecule has 0 heterocycles. The second-order valence-corrected chi connectivity index (χ2v) is 3.34. The molecule has 2 atom stereocenters. The van der Waals surface area contributed by atoms with Crippen molar-refractivity contribution in [3.63, 3.8) is 0 Å². The first-order valence-corrected chi connectivity index (χ1v) is 5.50. The number of rotatable bonds is 7. The normalized spacial score (nSPS) is 13.3. The number of hydrogen-bond acceptors (Lipinski definition) is 5. The Morgan fingerprint density at radius 3 is 2.35 bits per heavy atom. The fourth-order valence-corrected chi connectivity index (χ4v) is 1.29. The van der Waals surface area contributed by atoms with Crippen LogP contribution in [0.15, 0.2) is 0 Å². The Morgan fingerprint density at radius 2 is 1.88 bits per heavy atom. The van der Waals surface area contributed by atoms with E-state index >= 15 is 0 Å². The van der Waals surface area contributed by atoms with E-state index in [4.69, 9.17) is 11.2 Å². The second kappa shape index (κ2) is 8.59. The fraction of sp³-hybridized carbons (Fsp3) is 0.667. The molecule has 0 saturated carbocycles. The van der Waals surface area contributed by atoms with Crippen LogP contribution in [0.5, 0.6) is 0 Å². The highest BCUT2D eigenvalue weighted by Gasteiger charge is 2.29. The zero-order valence-corrected chi connectivity index (χ0v) is 10.1. The first-order valence-electron chi connectivity index (χ1n) is 5.50. The van der Waals surface area contributed by atoms with E-state index in [2.05, 4.69) is 10.7 Å². The Bertz CT molecular complexity index is 292. The van der Waals surface area contributed by atoms with Gasteiger partial charge in [0.2, 0.25) is 0 Å². The second-order valence-electron chi connectivity index (χ2n) is 3.34. The number of terminal acetylenes is 1. The summed E-state index contributed by atoms with van der Waals surface area (Å²) in [7, 11) is 0. The molecule has 0 aromatic heterocycles. The van der Waals surface area contributed by atoms with Gasteiger partial charge >= 0.3 is 11.9 Å². The largest absolute Gasteiger partial charge is 0.466 e. The van der Waals surface area contributed by atoms with Crippen LogP contribution in [0, 0.1) is 18.3 Å². The molecule has 0 bridgehead atoms. The van der Waals surface area contributed by atoms with Gasteiger partial charge in [0.25, 0.3) is 0 Å². The van der Waals surface area contributed by atoms with Crippen LogP contribution in [0.4, 0.5) is 0 Å². The van der Waals surface area contributed by atoms with Crippen LogP contribution >= 0.6 is 0 Å². The van der Waals surface area contributed by atoms with Gasteiger partial charge in [0.05, 0.1) is 31.7 Å². The summed E-state index contributed by atoms with van der Waals surface area (Å²) >= 11 is 0. The van der Waals surface area contributed by atoms with Gasteiger partial charge < -0.3 is 14.6 Å². The minimum absolute atomic E-state index is 0.0272. The van der Waals surface area contributed by atoms with E-state index < -0.39 is 24.0 Å². The number of carbonyl (C=O) groups excluding carboxylic acids is 2. The molecular formula is C12H18O5. The summed E-state index contributed by atoms with van der Waals surface area (Å²) in [6, 6.07) is 0. The van der Waals surface area contributed by atoms with Gasteiger partial charge in [0, 0.05) is 6.42 Å². The average molecular weight is 242 g/mol. The minimum atomic E-state index is -1.18. The lowest BCUT2D eigenvalue weighted by atomic mass is 9.96. The van der Waals surface area contributed by atoms with Crippen molar-refractivity contribution in [2.75, 3.05) is 13.2 Å². The summed E-state index contributed by atoms with van der Waals surface area (Å²) in [5, 5.41) is 9.74. The third kappa shape index (κ3) is 5.93. The molecule has 0 fully saturated rings. The van der Waals surface area contributed by atoms with Crippen molar-refractivity contribution < 1.29 is 24.2 Å². The average Bonchev–Trinajstić information content (AvgIpc) is 2.26. The lowest BCUT2D eigenvalue weighted by molar-refractivity contribution is -0.154. The summed E-state index contributed by atoms with van der Waals surface area (Å²) in [4.78, 5) is 22.6. The minimum Gasteiger partial charge on any atom is -0.466 e. The van der Waals surface area contributed by atoms with E-state index in [9.17, 15) is 14.7 Å². The van der Waals surface area contributed by atoms with Crippen molar-refractivity contribution in [3.8, 4) is 12.3 Å². The summed E-state index contributed by atoms with van der Waals surface area (Å²) in [6.07, 6.45) is 3.69. The number of aliphatic hydroxyl groups excluding tert-OH is 1. The number of ether oxygens (including phenoxy) is 2. The molecule has 0 unspecified atom stereocenters. The SMILES string of the molecule is C#CC[C@H](C(=O)OCC)[C@H](O)CC(=O)OCC. The topological polar surface area (TPSA) is 72.8 Å². The fourth-order valence-electron chi connectivity index (χ4n) is 1.29.